The smallest absolute Gasteiger partial charge is 0.311 e. The third kappa shape index (κ3) is 4.57. The van der Waals surface area contributed by atoms with E-state index in [1.807, 2.05) is 0 Å². The molecule has 1 fully saturated rings. The molecule has 1 saturated heterocycles. The molecule has 122 valence electrons. The molecular formula is C14H20ClN3O4. The van der Waals surface area contributed by atoms with Crippen LogP contribution in [0.2, 0.25) is 0 Å². The SMILES string of the molecule is COc1ccc(C(=O)NCCC2CCNC2)cc1[N+](=O)[O-].Cl. The Labute approximate surface area is 135 Å². The van der Waals surface area contributed by atoms with Crippen LogP contribution in [-0.4, -0.2) is 37.6 Å². The highest BCUT2D eigenvalue weighted by atomic mass is 35.5. The minimum atomic E-state index is -0.556. The quantitative estimate of drug-likeness (QED) is 0.612. The summed E-state index contributed by atoms with van der Waals surface area (Å²) >= 11 is 0. The standard InChI is InChI=1S/C14H19N3O4.ClH/c1-21-13-3-2-11(8-12(13)17(19)20)14(18)16-7-5-10-4-6-15-9-10;/h2-3,8,10,15H,4-7,9H2,1H3,(H,16,18);1H. The molecule has 8 heteroatoms. The Hall–Kier alpha value is -1.86. The lowest BCUT2D eigenvalue weighted by Gasteiger charge is -2.10. The summed E-state index contributed by atoms with van der Waals surface area (Å²) < 4.78 is 4.91. The van der Waals surface area contributed by atoms with E-state index in [1.54, 1.807) is 0 Å². The summed E-state index contributed by atoms with van der Waals surface area (Å²) in [7, 11) is 1.36. The van der Waals surface area contributed by atoms with Gasteiger partial charge in [-0.1, -0.05) is 0 Å². The van der Waals surface area contributed by atoms with Crippen LogP contribution in [0.3, 0.4) is 0 Å². The second kappa shape index (κ2) is 8.55. The van der Waals surface area contributed by atoms with Crippen LogP contribution in [0.4, 0.5) is 5.69 Å². The number of amides is 1. The van der Waals surface area contributed by atoms with Crippen molar-refractivity contribution in [3.63, 3.8) is 0 Å². The second-order valence-electron chi connectivity index (χ2n) is 5.05. The van der Waals surface area contributed by atoms with Gasteiger partial charge in [-0.3, -0.25) is 14.9 Å². The Morgan fingerprint density at radius 3 is 2.91 bits per heavy atom. The van der Waals surface area contributed by atoms with Crippen LogP contribution >= 0.6 is 12.4 Å². The molecule has 1 aliphatic rings. The molecule has 1 unspecified atom stereocenters. The lowest BCUT2D eigenvalue weighted by molar-refractivity contribution is -0.385. The van der Waals surface area contributed by atoms with Gasteiger partial charge in [-0.25, -0.2) is 0 Å². The van der Waals surface area contributed by atoms with Crippen LogP contribution in [0.1, 0.15) is 23.2 Å². The largest absolute Gasteiger partial charge is 0.490 e. The zero-order chi connectivity index (χ0) is 15.2. The van der Waals surface area contributed by atoms with Gasteiger partial charge in [-0.2, -0.15) is 0 Å². The van der Waals surface area contributed by atoms with Gasteiger partial charge >= 0.3 is 5.69 Å². The Balaban J connectivity index is 0.00000242. The number of nitro groups is 1. The van der Waals surface area contributed by atoms with Gasteiger partial charge in [0, 0.05) is 18.2 Å². The first-order valence-corrected chi connectivity index (χ1v) is 6.93. The van der Waals surface area contributed by atoms with Crippen LogP contribution in [0.25, 0.3) is 0 Å². The lowest BCUT2D eigenvalue weighted by atomic mass is 10.1. The highest BCUT2D eigenvalue weighted by molar-refractivity contribution is 5.95. The van der Waals surface area contributed by atoms with E-state index < -0.39 is 4.92 Å². The summed E-state index contributed by atoms with van der Waals surface area (Å²) in [4.78, 5) is 22.4. The molecule has 0 saturated carbocycles. The number of hydrogen-bond acceptors (Lipinski definition) is 5. The van der Waals surface area contributed by atoms with Crippen LogP contribution in [0, 0.1) is 16.0 Å². The van der Waals surface area contributed by atoms with E-state index in [0.29, 0.717) is 12.5 Å². The summed E-state index contributed by atoms with van der Waals surface area (Å²) in [6.07, 6.45) is 2.04. The van der Waals surface area contributed by atoms with Gasteiger partial charge in [0.2, 0.25) is 0 Å². The van der Waals surface area contributed by atoms with E-state index in [9.17, 15) is 14.9 Å². The third-order valence-corrected chi connectivity index (χ3v) is 3.64. The average molecular weight is 330 g/mol. The fourth-order valence-electron chi connectivity index (χ4n) is 2.43. The van der Waals surface area contributed by atoms with Gasteiger partial charge in [0.15, 0.2) is 5.75 Å². The van der Waals surface area contributed by atoms with Crippen molar-refractivity contribution in [2.45, 2.75) is 12.8 Å². The zero-order valence-electron chi connectivity index (χ0n) is 12.3. The maximum absolute atomic E-state index is 12.0. The first-order valence-electron chi connectivity index (χ1n) is 6.93. The van der Waals surface area contributed by atoms with E-state index >= 15 is 0 Å². The molecule has 0 aromatic heterocycles. The van der Waals surface area contributed by atoms with E-state index in [0.717, 1.165) is 25.9 Å². The number of nitrogens with one attached hydrogen (secondary N) is 2. The monoisotopic (exact) mass is 329 g/mol. The molecule has 0 bridgehead atoms. The number of halogens is 1. The summed E-state index contributed by atoms with van der Waals surface area (Å²) in [5.74, 6) is 0.441. The van der Waals surface area contributed by atoms with Crippen molar-refractivity contribution in [2.24, 2.45) is 5.92 Å². The molecule has 22 heavy (non-hydrogen) atoms. The Morgan fingerprint density at radius 2 is 2.32 bits per heavy atom. The number of benzene rings is 1. The molecule has 0 spiro atoms. The number of carbonyl (C=O) groups is 1. The first kappa shape index (κ1) is 18.2. The topological polar surface area (TPSA) is 93.5 Å². The molecule has 7 nitrogen and oxygen atoms in total. The minimum Gasteiger partial charge on any atom is -0.490 e. The number of ether oxygens (including phenoxy) is 1. The normalized spacial score (nSPS) is 16.7. The Bertz CT molecular complexity index is 533. The van der Waals surface area contributed by atoms with Gasteiger partial charge in [0.05, 0.1) is 12.0 Å². The molecule has 1 aliphatic heterocycles. The van der Waals surface area contributed by atoms with Crippen molar-refractivity contribution in [3.05, 3.63) is 33.9 Å². The number of hydrogen-bond donors (Lipinski definition) is 2. The second-order valence-corrected chi connectivity index (χ2v) is 5.05. The highest BCUT2D eigenvalue weighted by Gasteiger charge is 2.19. The summed E-state index contributed by atoms with van der Waals surface area (Å²) in [6, 6.07) is 4.21. The fraction of sp³-hybridized carbons (Fsp3) is 0.500. The van der Waals surface area contributed by atoms with Gasteiger partial charge in [-0.05, 0) is 44.0 Å². The predicted molar refractivity (Wildman–Crippen MR) is 84.8 cm³/mol. The molecule has 2 rings (SSSR count). The Morgan fingerprint density at radius 1 is 1.55 bits per heavy atom. The first-order chi connectivity index (χ1) is 10.1. The predicted octanol–water partition coefficient (Wildman–Crippen LogP) is 1.75. The maximum Gasteiger partial charge on any atom is 0.311 e. The van der Waals surface area contributed by atoms with E-state index in [4.69, 9.17) is 4.74 Å². The average Bonchev–Trinajstić information content (AvgIpc) is 2.99. The molecule has 2 N–H and O–H groups in total. The maximum atomic E-state index is 12.0. The van der Waals surface area contributed by atoms with Crippen molar-refractivity contribution in [1.82, 2.24) is 10.6 Å². The van der Waals surface area contributed by atoms with Gasteiger partial charge in [0.25, 0.3) is 5.91 Å². The Kier molecular flexibility index (Phi) is 7.07. The van der Waals surface area contributed by atoms with Crippen LogP contribution < -0.4 is 15.4 Å². The molecular weight excluding hydrogens is 310 g/mol. The fourth-order valence-corrected chi connectivity index (χ4v) is 2.43. The summed E-state index contributed by atoms with van der Waals surface area (Å²) in [6.45, 7) is 2.60. The minimum absolute atomic E-state index is 0. The van der Waals surface area contributed by atoms with Crippen molar-refractivity contribution in [2.75, 3.05) is 26.7 Å². The summed E-state index contributed by atoms with van der Waals surface area (Å²) in [5, 5.41) is 17.0. The van der Waals surface area contributed by atoms with Crippen LogP contribution in [0.5, 0.6) is 5.75 Å². The van der Waals surface area contributed by atoms with Crippen molar-refractivity contribution in [3.8, 4) is 5.75 Å². The van der Waals surface area contributed by atoms with E-state index in [1.165, 1.54) is 25.3 Å². The number of nitrogens with zero attached hydrogens (tertiary/aromatic N) is 1. The van der Waals surface area contributed by atoms with E-state index in [2.05, 4.69) is 10.6 Å². The van der Waals surface area contributed by atoms with Crippen molar-refractivity contribution in [1.29, 1.82) is 0 Å². The highest BCUT2D eigenvalue weighted by Crippen LogP contribution is 2.27. The van der Waals surface area contributed by atoms with E-state index in [-0.39, 0.29) is 35.3 Å². The summed E-state index contributed by atoms with van der Waals surface area (Å²) in [5.41, 5.74) is 0.0668. The molecule has 0 aliphatic carbocycles. The lowest BCUT2D eigenvalue weighted by Crippen LogP contribution is -2.26. The molecule has 1 heterocycles. The van der Waals surface area contributed by atoms with Gasteiger partial charge < -0.3 is 15.4 Å². The van der Waals surface area contributed by atoms with Crippen LogP contribution in [-0.2, 0) is 0 Å². The van der Waals surface area contributed by atoms with Crippen molar-refractivity contribution < 1.29 is 14.5 Å². The van der Waals surface area contributed by atoms with Gasteiger partial charge in [-0.15, -0.1) is 12.4 Å². The number of carbonyl (C=O) groups excluding carboxylic acids is 1. The number of rotatable bonds is 6. The third-order valence-electron chi connectivity index (χ3n) is 3.64. The van der Waals surface area contributed by atoms with Gasteiger partial charge in [0.1, 0.15) is 0 Å². The zero-order valence-corrected chi connectivity index (χ0v) is 13.1. The molecule has 1 aromatic rings. The molecule has 1 aromatic carbocycles. The number of methoxy groups -OCH3 is 1. The molecule has 1 atom stereocenters. The molecule has 0 radical (unpaired) electrons. The van der Waals surface area contributed by atoms with Crippen molar-refractivity contribution >= 4 is 24.0 Å². The molecule has 1 amide bonds. The van der Waals surface area contributed by atoms with Crippen LogP contribution in [0.15, 0.2) is 18.2 Å². The number of nitro benzene ring substituents is 1.